The van der Waals surface area contributed by atoms with Gasteiger partial charge in [-0.25, -0.2) is 9.97 Å². The van der Waals surface area contributed by atoms with Crippen LogP contribution in [0.2, 0.25) is 0 Å². The number of fused-ring (bicyclic) bond motifs is 6. The van der Waals surface area contributed by atoms with E-state index in [9.17, 15) is 0 Å². The van der Waals surface area contributed by atoms with Crippen LogP contribution in [0.3, 0.4) is 0 Å². The standard InChI is InChI=1S/C82H56N6/c1-7-25-57(26-8-1)62-50-63(58-27-9-2-10-28-58)52-64(51-62)59-29-23-30-60(49-59)76-56-77(84-82(83-76)88-79-44-22-20-42-73(79)75-55-71(46-48-81(75)88)86(67-36-15-5-16-37-67)68-38-17-6-18-39-68)61-31-24-40-69(53-61)87-78-43-21-19-41-72(78)74-54-70(45-47-80(74)87)85(65-32-11-3-12-33-65)66-34-13-4-14-35-66/h1-56H. The number of para-hydroxylation sites is 6. The van der Waals surface area contributed by atoms with Gasteiger partial charge >= 0.3 is 0 Å². The van der Waals surface area contributed by atoms with Gasteiger partial charge in [-0.05, 0) is 173 Å². The van der Waals surface area contributed by atoms with Gasteiger partial charge in [-0.15, -0.1) is 0 Å². The zero-order valence-electron chi connectivity index (χ0n) is 48.0. The Labute approximate surface area is 511 Å². The van der Waals surface area contributed by atoms with Crippen molar-refractivity contribution in [2.75, 3.05) is 9.80 Å². The average Bonchev–Trinajstić information content (AvgIpc) is 1.72. The second-order valence-electron chi connectivity index (χ2n) is 22.2. The fraction of sp³-hybridized carbons (Fsp3) is 0. The number of anilines is 6. The molecule has 13 aromatic carbocycles. The smallest absolute Gasteiger partial charge is 0.235 e. The van der Waals surface area contributed by atoms with E-state index >= 15 is 0 Å². The highest BCUT2D eigenvalue weighted by atomic mass is 15.2. The Kier molecular flexibility index (Phi) is 13.1. The molecule has 3 heterocycles. The van der Waals surface area contributed by atoms with Crippen LogP contribution in [0.5, 0.6) is 0 Å². The number of hydrogen-bond donors (Lipinski definition) is 0. The molecule has 6 heteroatoms. The number of aromatic nitrogens is 4. The lowest BCUT2D eigenvalue weighted by Gasteiger charge is -2.25. The monoisotopic (exact) mass is 1120 g/mol. The molecule has 0 spiro atoms. The third-order valence-electron chi connectivity index (χ3n) is 16.8. The van der Waals surface area contributed by atoms with Crippen LogP contribution in [0.4, 0.5) is 34.1 Å². The minimum Gasteiger partial charge on any atom is -0.310 e. The van der Waals surface area contributed by atoms with E-state index < -0.39 is 0 Å². The van der Waals surface area contributed by atoms with E-state index in [1.807, 2.05) is 0 Å². The summed E-state index contributed by atoms with van der Waals surface area (Å²) in [7, 11) is 0. The molecular weight excluding hydrogens is 1070 g/mol. The molecule has 0 saturated heterocycles. The predicted octanol–water partition coefficient (Wildman–Crippen LogP) is 21.9. The molecule has 414 valence electrons. The highest BCUT2D eigenvalue weighted by Crippen LogP contribution is 2.43. The van der Waals surface area contributed by atoms with E-state index in [0.717, 1.165) is 123 Å². The van der Waals surface area contributed by atoms with Crippen LogP contribution in [-0.2, 0) is 0 Å². The lowest BCUT2D eigenvalue weighted by atomic mass is 9.92. The molecule has 3 aromatic heterocycles. The lowest BCUT2D eigenvalue weighted by Crippen LogP contribution is -2.09. The molecule has 16 aromatic rings. The van der Waals surface area contributed by atoms with Gasteiger partial charge in [-0.3, -0.25) is 4.57 Å². The van der Waals surface area contributed by atoms with Gasteiger partial charge in [-0.1, -0.05) is 200 Å². The number of hydrogen-bond acceptors (Lipinski definition) is 4. The van der Waals surface area contributed by atoms with Crippen LogP contribution in [0.1, 0.15) is 0 Å². The van der Waals surface area contributed by atoms with E-state index in [0.29, 0.717) is 5.95 Å². The van der Waals surface area contributed by atoms with Gasteiger partial charge in [0, 0.05) is 72.5 Å². The summed E-state index contributed by atoms with van der Waals surface area (Å²) < 4.78 is 4.64. The van der Waals surface area contributed by atoms with E-state index in [1.165, 1.54) is 16.5 Å². The first-order chi connectivity index (χ1) is 43.6. The molecule has 0 amide bonds. The van der Waals surface area contributed by atoms with Crippen LogP contribution in [0.25, 0.3) is 111 Å². The zero-order chi connectivity index (χ0) is 58.3. The molecule has 6 nitrogen and oxygen atoms in total. The average molecular weight is 1130 g/mol. The van der Waals surface area contributed by atoms with Crippen LogP contribution in [-0.4, -0.2) is 19.1 Å². The summed E-state index contributed by atoms with van der Waals surface area (Å²) in [5.41, 5.74) is 22.2. The first kappa shape index (κ1) is 51.8. The fourth-order valence-corrected chi connectivity index (χ4v) is 12.8. The van der Waals surface area contributed by atoms with E-state index in [-0.39, 0.29) is 0 Å². The molecule has 16 rings (SSSR count). The van der Waals surface area contributed by atoms with Crippen molar-refractivity contribution in [3.63, 3.8) is 0 Å². The largest absolute Gasteiger partial charge is 0.310 e. The van der Waals surface area contributed by atoms with Crippen LogP contribution in [0, 0.1) is 0 Å². The SMILES string of the molecule is c1ccc(-c2cc(-c3ccccc3)cc(-c3cccc(-c4cc(-c5cccc(-n6c7ccccc7c7cc(N(c8ccccc8)c8ccccc8)ccc76)c5)nc(-n5c6ccccc6c6cc(N(c7ccccc7)c7ccccc7)ccc65)n4)c3)c2)cc1. The molecule has 0 saturated carbocycles. The Hall–Kier alpha value is -11.9. The molecule has 0 bridgehead atoms. The van der Waals surface area contributed by atoms with Crippen LogP contribution in [0.15, 0.2) is 340 Å². The minimum absolute atomic E-state index is 0.577. The van der Waals surface area contributed by atoms with Crippen molar-refractivity contribution in [2.24, 2.45) is 0 Å². The van der Waals surface area contributed by atoms with Crippen molar-refractivity contribution in [3.8, 4) is 67.5 Å². The Balaban J connectivity index is 0.878. The summed E-state index contributed by atoms with van der Waals surface area (Å²) in [5.74, 6) is 0.577. The zero-order valence-corrected chi connectivity index (χ0v) is 48.0. The first-order valence-electron chi connectivity index (χ1n) is 29.9. The van der Waals surface area contributed by atoms with Crippen molar-refractivity contribution in [2.45, 2.75) is 0 Å². The summed E-state index contributed by atoms with van der Waals surface area (Å²) in [4.78, 5) is 15.9. The molecule has 88 heavy (non-hydrogen) atoms. The van der Waals surface area contributed by atoms with Gasteiger partial charge in [0.25, 0.3) is 0 Å². The molecule has 0 aliphatic carbocycles. The number of rotatable bonds is 13. The van der Waals surface area contributed by atoms with Gasteiger partial charge in [-0.2, -0.15) is 0 Å². The maximum atomic E-state index is 5.66. The van der Waals surface area contributed by atoms with Gasteiger partial charge < -0.3 is 14.4 Å². The summed E-state index contributed by atoms with van der Waals surface area (Å²) in [6.07, 6.45) is 0. The van der Waals surface area contributed by atoms with Crippen LogP contribution >= 0.6 is 0 Å². The molecule has 0 atom stereocenters. The summed E-state index contributed by atoms with van der Waals surface area (Å²) in [6, 6.07) is 121. The second-order valence-corrected chi connectivity index (χ2v) is 22.2. The Bertz CT molecular complexity index is 5060. The molecule has 0 radical (unpaired) electrons. The van der Waals surface area contributed by atoms with Gasteiger partial charge in [0.15, 0.2) is 0 Å². The summed E-state index contributed by atoms with van der Waals surface area (Å²) in [6.45, 7) is 0. The topological polar surface area (TPSA) is 42.1 Å². The molecule has 0 aliphatic rings. The molecule has 0 N–H and O–H groups in total. The van der Waals surface area contributed by atoms with Crippen LogP contribution < -0.4 is 9.80 Å². The maximum Gasteiger partial charge on any atom is 0.235 e. The Morgan fingerprint density at radius 2 is 0.545 bits per heavy atom. The normalized spacial score (nSPS) is 11.4. The van der Waals surface area contributed by atoms with Crippen molar-refractivity contribution >= 4 is 77.7 Å². The van der Waals surface area contributed by atoms with Crippen molar-refractivity contribution in [1.82, 2.24) is 19.1 Å². The van der Waals surface area contributed by atoms with Crippen molar-refractivity contribution in [3.05, 3.63) is 340 Å². The highest BCUT2D eigenvalue weighted by molar-refractivity contribution is 6.12. The fourth-order valence-electron chi connectivity index (χ4n) is 12.8. The highest BCUT2D eigenvalue weighted by Gasteiger charge is 2.22. The molecule has 0 unspecified atom stereocenters. The molecule has 0 fully saturated rings. The maximum absolute atomic E-state index is 5.66. The summed E-state index contributed by atoms with van der Waals surface area (Å²) >= 11 is 0. The molecule has 0 aliphatic heterocycles. The quantitative estimate of drug-likeness (QED) is 0.115. The predicted molar refractivity (Wildman–Crippen MR) is 367 cm³/mol. The Morgan fingerprint density at radius 3 is 1.02 bits per heavy atom. The van der Waals surface area contributed by atoms with Gasteiger partial charge in [0.05, 0.1) is 33.5 Å². The minimum atomic E-state index is 0.577. The van der Waals surface area contributed by atoms with E-state index in [4.69, 9.17) is 9.97 Å². The first-order valence-corrected chi connectivity index (χ1v) is 29.9. The third kappa shape index (κ3) is 9.52. The van der Waals surface area contributed by atoms with Gasteiger partial charge in [0.1, 0.15) is 0 Å². The van der Waals surface area contributed by atoms with Crippen molar-refractivity contribution < 1.29 is 0 Å². The third-order valence-corrected chi connectivity index (χ3v) is 16.8. The lowest BCUT2D eigenvalue weighted by molar-refractivity contribution is 0.995. The Morgan fingerprint density at radius 1 is 0.205 bits per heavy atom. The second kappa shape index (κ2) is 22.3. The number of benzene rings is 13. The van der Waals surface area contributed by atoms with E-state index in [2.05, 4.69) is 359 Å². The molecular formula is C82H56N6. The van der Waals surface area contributed by atoms with Gasteiger partial charge in [0.2, 0.25) is 5.95 Å². The van der Waals surface area contributed by atoms with Crippen molar-refractivity contribution in [1.29, 1.82) is 0 Å². The summed E-state index contributed by atoms with van der Waals surface area (Å²) in [5, 5.41) is 4.55. The number of nitrogens with zero attached hydrogens (tertiary/aromatic N) is 6. The van der Waals surface area contributed by atoms with E-state index in [1.54, 1.807) is 0 Å².